The minimum atomic E-state index is -4.34. The summed E-state index contributed by atoms with van der Waals surface area (Å²) in [5.74, 6) is -2.21. The minimum absolute atomic E-state index is 0.0637. The van der Waals surface area contributed by atoms with Crippen molar-refractivity contribution in [2.75, 3.05) is 11.6 Å². The summed E-state index contributed by atoms with van der Waals surface area (Å²) in [4.78, 5) is 15.3. The zero-order chi connectivity index (χ0) is 27.6. The highest BCUT2D eigenvalue weighted by Crippen LogP contribution is 2.49. The summed E-state index contributed by atoms with van der Waals surface area (Å²) in [6.07, 6.45) is 2.88. The molecule has 1 aromatic carbocycles. The minimum Gasteiger partial charge on any atom is -0.511 e. The van der Waals surface area contributed by atoms with Gasteiger partial charge in [-0.15, -0.1) is 15.7 Å². The van der Waals surface area contributed by atoms with Gasteiger partial charge in [-0.1, -0.05) is 24.1 Å². The second kappa shape index (κ2) is 9.30. The van der Waals surface area contributed by atoms with Crippen molar-refractivity contribution in [1.29, 1.82) is 0 Å². The molecular weight excluding hydrogens is 579 g/mol. The molecule has 2 atom stereocenters. The number of nitrogens with one attached hydrogen (secondary N) is 2. The Hall–Kier alpha value is -2.52. The Morgan fingerprint density at radius 1 is 1.39 bits per heavy atom. The number of aliphatic hydroxyl groups is 1. The lowest BCUT2D eigenvalue weighted by Crippen LogP contribution is -2.57. The number of aliphatic hydroxyl groups excluding tert-OH is 1. The largest absolute Gasteiger partial charge is 0.511 e. The zero-order valence-corrected chi connectivity index (χ0v) is 23.5. The lowest BCUT2D eigenvalue weighted by atomic mass is 9.79. The molecule has 0 unspecified atom stereocenters. The number of amides is 1. The number of carbonyl (C=O) groups excluding carboxylic acids is 1. The third-order valence-corrected chi connectivity index (χ3v) is 10.6. The third-order valence-electron chi connectivity index (χ3n) is 7.19. The van der Waals surface area contributed by atoms with Crippen LogP contribution in [-0.2, 0) is 37.9 Å². The van der Waals surface area contributed by atoms with Crippen molar-refractivity contribution in [3.8, 4) is 0 Å². The Labute approximate surface area is 228 Å². The molecule has 1 amide bonds. The molecule has 3 heterocycles. The summed E-state index contributed by atoms with van der Waals surface area (Å²) < 4.78 is 69.2. The van der Waals surface area contributed by atoms with Gasteiger partial charge >= 0.3 is 0 Å². The molecule has 2 aliphatic heterocycles. The molecule has 15 heteroatoms. The molecule has 2 aromatic rings. The number of sulfonamides is 2. The van der Waals surface area contributed by atoms with Gasteiger partial charge in [-0.2, -0.15) is 8.42 Å². The van der Waals surface area contributed by atoms with Crippen molar-refractivity contribution in [2.24, 2.45) is 10.3 Å². The number of rotatable bonds is 6. The van der Waals surface area contributed by atoms with Gasteiger partial charge in [-0.25, -0.2) is 17.5 Å². The molecular formula is C23H24ClFN4O6S3. The standard InChI is InChI=1S/C23H24ClFN4O6S3/c1-23-7-3-4-14(23)18(30)17(22(31)29(23)10-12-5-6-16(25)15(24)8-12)20-27-21-19(38(34,35)28-20)13(11-36-21)9-26-37(2,32)33/h5-6,8,11,14,26,30H,3-4,7,9-10H2,1-2H3,(H,27,28)/t14-,23-/m0/s1. The van der Waals surface area contributed by atoms with E-state index in [-0.39, 0.29) is 50.7 Å². The van der Waals surface area contributed by atoms with Gasteiger partial charge in [0.05, 0.1) is 16.8 Å². The quantitative estimate of drug-likeness (QED) is 0.459. The first-order valence-corrected chi connectivity index (χ1v) is 16.2. The van der Waals surface area contributed by atoms with E-state index in [4.69, 9.17) is 11.6 Å². The number of hydrogen-bond acceptors (Lipinski definition) is 8. The van der Waals surface area contributed by atoms with Crippen LogP contribution in [-0.4, -0.2) is 50.4 Å². The number of carbonyl (C=O) groups is 1. The van der Waals surface area contributed by atoms with E-state index in [9.17, 15) is 31.1 Å². The van der Waals surface area contributed by atoms with Gasteiger partial charge in [0.2, 0.25) is 10.0 Å². The number of fused-ring (bicyclic) bond motifs is 2. The molecule has 1 aliphatic carbocycles. The van der Waals surface area contributed by atoms with Crippen LogP contribution in [0.25, 0.3) is 0 Å². The first-order valence-electron chi connectivity index (χ1n) is 11.6. The molecule has 3 aliphatic rings. The summed E-state index contributed by atoms with van der Waals surface area (Å²) in [5, 5.41) is 15.7. The van der Waals surface area contributed by atoms with Crippen LogP contribution in [0.15, 0.2) is 44.2 Å². The molecule has 204 valence electrons. The molecule has 0 saturated heterocycles. The molecule has 1 fully saturated rings. The lowest BCUT2D eigenvalue weighted by molar-refractivity contribution is -0.137. The second-order valence-electron chi connectivity index (χ2n) is 9.75. The van der Waals surface area contributed by atoms with E-state index in [0.29, 0.717) is 18.4 Å². The van der Waals surface area contributed by atoms with Gasteiger partial charge in [0, 0.05) is 24.6 Å². The maximum absolute atomic E-state index is 13.9. The Morgan fingerprint density at radius 2 is 2.13 bits per heavy atom. The average Bonchev–Trinajstić information content (AvgIpc) is 3.41. The van der Waals surface area contributed by atoms with E-state index in [2.05, 4.69) is 14.4 Å². The molecule has 0 radical (unpaired) electrons. The number of nitrogens with zero attached hydrogens (tertiary/aromatic N) is 2. The van der Waals surface area contributed by atoms with E-state index < -0.39 is 43.2 Å². The highest BCUT2D eigenvalue weighted by molar-refractivity contribution is 7.91. The van der Waals surface area contributed by atoms with Gasteiger partial charge in [-0.05, 0) is 42.8 Å². The van der Waals surface area contributed by atoms with Crippen LogP contribution in [0.3, 0.4) is 0 Å². The molecule has 0 bridgehead atoms. The van der Waals surface area contributed by atoms with Gasteiger partial charge < -0.3 is 15.3 Å². The maximum atomic E-state index is 13.9. The van der Waals surface area contributed by atoms with Crippen LogP contribution in [0.1, 0.15) is 37.3 Å². The van der Waals surface area contributed by atoms with Gasteiger partial charge in [0.15, 0.2) is 5.84 Å². The van der Waals surface area contributed by atoms with Crippen molar-refractivity contribution in [2.45, 2.75) is 49.7 Å². The van der Waals surface area contributed by atoms with Crippen LogP contribution in [0.5, 0.6) is 0 Å². The summed E-state index contributed by atoms with van der Waals surface area (Å²) in [7, 11) is -7.91. The Morgan fingerprint density at radius 3 is 2.82 bits per heavy atom. The van der Waals surface area contributed by atoms with Crippen LogP contribution in [0.4, 0.5) is 9.39 Å². The van der Waals surface area contributed by atoms with E-state index in [0.717, 1.165) is 24.0 Å². The topological polar surface area (TPSA) is 145 Å². The number of benzene rings is 1. The van der Waals surface area contributed by atoms with Gasteiger partial charge in [0.1, 0.15) is 27.0 Å². The fraction of sp³-hybridized carbons (Fsp3) is 0.391. The van der Waals surface area contributed by atoms with Crippen LogP contribution < -0.4 is 10.0 Å². The molecule has 0 spiro atoms. The summed E-state index contributed by atoms with van der Waals surface area (Å²) in [6.45, 7) is 1.68. The Bertz CT molecular complexity index is 1640. The van der Waals surface area contributed by atoms with Crippen molar-refractivity contribution < 1.29 is 31.1 Å². The smallest absolute Gasteiger partial charge is 0.287 e. The lowest BCUT2D eigenvalue weighted by Gasteiger charge is -2.47. The van der Waals surface area contributed by atoms with Crippen molar-refractivity contribution in [3.05, 3.63) is 56.9 Å². The number of amidine groups is 1. The number of halogens is 2. The van der Waals surface area contributed by atoms with E-state index in [1.54, 1.807) is 4.90 Å². The van der Waals surface area contributed by atoms with Gasteiger partial charge in [0.25, 0.3) is 15.9 Å². The zero-order valence-electron chi connectivity index (χ0n) is 20.3. The van der Waals surface area contributed by atoms with Crippen molar-refractivity contribution in [3.63, 3.8) is 0 Å². The van der Waals surface area contributed by atoms with Crippen molar-refractivity contribution >= 4 is 59.7 Å². The highest BCUT2D eigenvalue weighted by atomic mass is 35.5. The molecule has 3 N–H and O–H groups in total. The Kier molecular flexibility index (Phi) is 6.62. The van der Waals surface area contributed by atoms with E-state index >= 15 is 0 Å². The second-order valence-corrected chi connectivity index (χ2v) is 14.4. The maximum Gasteiger partial charge on any atom is 0.287 e. The fourth-order valence-corrected chi connectivity index (χ4v) is 8.56. The highest BCUT2D eigenvalue weighted by Gasteiger charge is 2.54. The van der Waals surface area contributed by atoms with Crippen LogP contribution in [0.2, 0.25) is 5.02 Å². The van der Waals surface area contributed by atoms with Gasteiger partial charge in [-0.3, -0.25) is 4.79 Å². The summed E-state index contributed by atoms with van der Waals surface area (Å²) in [5.41, 5.74) is -0.219. The molecule has 1 aromatic heterocycles. The third kappa shape index (κ3) is 4.62. The molecule has 5 rings (SSSR count). The first kappa shape index (κ1) is 27.1. The fourth-order valence-electron chi connectivity index (χ4n) is 5.34. The monoisotopic (exact) mass is 602 g/mol. The van der Waals surface area contributed by atoms with Crippen LogP contribution in [0, 0.1) is 11.7 Å². The SMILES string of the molecule is C[C@]12CCC[C@H]1C(O)=C(C1=NS(=O)(=O)c3c(CNS(C)(=O)=O)csc3N1)C(=O)N2Cc1ccc(F)c(Cl)c1. The Balaban J connectivity index is 1.54. The van der Waals surface area contributed by atoms with Crippen molar-refractivity contribution in [1.82, 2.24) is 9.62 Å². The average molecular weight is 603 g/mol. The predicted octanol–water partition coefficient (Wildman–Crippen LogP) is 3.52. The van der Waals surface area contributed by atoms with E-state index in [1.807, 2.05) is 6.92 Å². The molecule has 10 nitrogen and oxygen atoms in total. The normalized spacial score (nSPS) is 24.6. The number of hydrogen-bond donors (Lipinski definition) is 3. The predicted molar refractivity (Wildman–Crippen MR) is 142 cm³/mol. The number of thiophene rings is 1. The first-order chi connectivity index (χ1) is 17.7. The van der Waals surface area contributed by atoms with E-state index in [1.165, 1.54) is 23.6 Å². The number of anilines is 1. The summed E-state index contributed by atoms with van der Waals surface area (Å²) in [6, 6.07) is 4.16. The summed E-state index contributed by atoms with van der Waals surface area (Å²) >= 11 is 6.97. The van der Waals surface area contributed by atoms with Crippen LogP contribution >= 0.6 is 22.9 Å². The molecule has 1 saturated carbocycles. The molecule has 38 heavy (non-hydrogen) atoms.